The molecule has 0 aliphatic carbocycles. The number of benzene rings is 1. The smallest absolute Gasteiger partial charge is 0.146 e. The highest BCUT2D eigenvalue weighted by molar-refractivity contribution is 5.31. The zero-order valence-electron chi connectivity index (χ0n) is 12.2. The van der Waals surface area contributed by atoms with Gasteiger partial charge in [0.25, 0.3) is 0 Å². The van der Waals surface area contributed by atoms with E-state index in [9.17, 15) is 0 Å². The van der Waals surface area contributed by atoms with Gasteiger partial charge in [-0.25, -0.2) is 0 Å². The molecule has 0 atom stereocenters. The fraction of sp³-hybridized carbons (Fsp3) is 0.375. The molecule has 108 valence electrons. The molecule has 2 rings (SSSR count). The number of hydrogen-bond acceptors (Lipinski definition) is 4. The molecule has 0 aliphatic heterocycles. The van der Waals surface area contributed by atoms with Gasteiger partial charge in [-0.2, -0.15) is 0 Å². The van der Waals surface area contributed by atoms with Gasteiger partial charge in [0.2, 0.25) is 0 Å². The van der Waals surface area contributed by atoms with Gasteiger partial charge < -0.3 is 19.2 Å². The summed E-state index contributed by atoms with van der Waals surface area (Å²) in [7, 11) is 1.65. The monoisotopic (exact) mass is 275 g/mol. The van der Waals surface area contributed by atoms with Crippen molar-refractivity contribution in [3.05, 3.63) is 47.9 Å². The van der Waals surface area contributed by atoms with Crippen molar-refractivity contribution in [2.24, 2.45) is 0 Å². The lowest BCUT2D eigenvalue weighted by molar-refractivity contribution is 0.267. The summed E-state index contributed by atoms with van der Waals surface area (Å²) in [6.45, 7) is 5.45. The Hall–Kier alpha value is -1.94. The van der Waals surface area contributed by atoms with Crippen LogP contribution in [0.3, 0.4) is 0 Å². The summed E-state index contributed by atoms with van der Waals surface area (Å²) in [5.41, 5.74) is 1.13. The van der Waals surface area contributed by atoms with Crippen LogP contribution in [0.2, 0.25) is 0 Å². The van der Waals surface area contributed by atoms with Gasteiger partial charge in [0.05, 0.1) is 13.4 Å². The highest BCUT2D eigenvalue weighted by Gasteiger charge is 2.07. The predicted octanol–water partition coefficient (Wildman–Crippen LogP) is 3.37. The van der Waals surface area contributed by atoms with Crippen molar-refractivity contribution >= 4 is 0 Å². The lowest BCUT2D eigenvalue weighted by Gasteiger charge is -2.09. The van der Waals surface area contributed by atoms with Crippen molar-refractivity contribution in [3.8, 4) is 11.5 Å². The number of hydrogen-bond donors (Lipinski definition) is 1. The van der Waals surface area contributed by atoms with Gasteiger partial charge in [-0.1, -0.05) is 13.8 Å². The topological polar surface area (TPSA) is 43.6 Å². The van der Waals surface area contributed by atoms with E-state index in [1.807, 2.05) is 30.3 Å². The highest BCUT2D eigenvalue weighted by atomic mass is 16.5. The van der Waals surface area contributed by atoms with Crippen LogP contribution in [0.4, 0.5) is 0 Å². The van der Waals surface area contributed by atoms with Gasteiger partial charge in [-0.15, -0.1) is 0 Å². The molecule has 4 heteroatoms. The molecule has 0 saturated carbocycles. The molecule has 1 N–H and O–H groups in total. The van der Waals surface area contributed by atoms with Crippen molar-refractivity contribution < 1.29 is 13.9 Å². The summed E-state index contributed by atoms with van der Waals surface area (Å²) in [4.78, 5) is 0. The Balaban J connectivity index is 1.91. The van der Waals surface area contributed by atoms with Crippen molar-refractivity contribution in [3.63, 3.8) is 0 Å². The first-order valence-corrected chi connectivity index (χ1v) is 6.74. The van der Waals surface area contributed by atoms with E-state index in [2.05, 4.69) is 19.2 Å². The largest absolute Gasteiger partial charge is 0.497 e. The first kappa shape index (κ1) is 14.5. The van der Waals surface area contributed by atoms with Gasteiger partial charge in [0.15, 0.2) is 0 Å². The molecule has 0 saturated heterocycles. The molecule has 0 unspecified atom stereocenters. The van der Waals surface area contributed by atoms with Crippen molar-refractivity contribution in [2.75, 3.05) is 7.11 Å². The van der Waals surface area contributed by atoms with Crippen molar-refractivity contribution in [1.82, 2.24) is 5.32 Å². The van der Waals surface area contributed by atoms with E-state index in [0.29, 0.717) is 12.6 Å². The SMILES string of the molecule is COc1ccc(OCc2occc2CNC(C)C)cc1. The third-order valence-corrected chi connectivity index (χ3v) is 2.97. The Morgan fingerprint density at radius 3 is 2.45 bits per heavy atom. The number of nitrogens with one attached hydrogen (secondary N) is 1. The van der Waals surface area contributed by atoms with Gasteiger partial charge in [0, 0.05) is 18.2 Å². The van der Waals surface area contributed by atoms with E-state index in [1.165, 1.54) is 0 Å². The molecule has 0 radical (unpaired) electrons. The summed E-state index contributed by atoms with van der Waals surface area (Å²) < 4.78 is 16.3. The van der Waals surface area contributed by atoms with E-state index >= 15 is 0 Å². The average Bonchev–Trinajstić information content (AvgIpc) is 2.91. The Morgan fingerprint density at radius 1 is 1.10 bits per heavy atom. The molecule has 4 nitrogen and oxygen atoms in total. The van der Waals surface area contributed by atoms with Crippen LogP contribution in [-0.4, -0.2) is 13.2 Å². The molecular formula is C16H21NO3. The lowest BCUT2D eigenvalue weighted by Crippen LogP contribution is -2.22. The van der Waals surface area contributed by atoms with Crippen LogP contribution in [0.1, 0.15) is 25.2 Å². The number of furan rings is 1. The second-order valence-electron chi connectivity index (χ2n) is 4.87. The molecule has 0 amide bonds. The van der Waals surface area contributed by atoms with E-state index in [4.69, 9.17) is 13.9 Å². The van der Waals surface area contributed by atoms with Crippen LogP contribution >= 0.6 is 0 Å². The van der Waals surface area contributed by atoms with Crippen molar-refractivity contribution in [2.45, 2.75) is 33.0 Å². The summed E-state index contributed by atoms with van der Waals surface area (Å²) >= 11 is 0. The minimum Gasteiger partial charge on any atom is -0.497 e. The third kappa shape index (κ3) is 4.03. The molecule has 2 aromatic rings. The van der Waals surface area contributed by atoms with Gasteiger partial charge in [0.1, 0.15) is 23.9 Å². The standard InChI is InChI=1S/C16H21NO3/c1-12(2)17-10-13-8-9-19-16(13)11-20-15-6-4-14(18-3)5-7-15/h4-9,12,17H,10-11H2,1-3H3. The Kier molecular flexibility index (Phi) is 5.07. The zero-order chi connectivity index (χ0) is 14.4. The van der Waals surface area contributed by atoms with Crippen LogP contribution in [0.5, 0.6) is 11.5 Å². The lowest BCUT2D eigenvalue weighted by atomic mass is 10.2. The predicted molar refractivity (Wildman–Crippen MR) is 78.0 cm³/mol. The Labute approximate surface area is 119 Å². The second-order valence-corrected chi connectivity index (χ2v) is 4.87. The maximum absolute atomic E-state index is 5.72. The molecule has 0 fully saturated rings. The van der Waals surface area contributed by atoms with Crippen LogP contribution in [0.25, 0.3) is 0 Å². The summed E-state index contributed by atoms with van der Waals surface area (Å²) in [5, 5.41) is 3.37. The quantitative estimate of drug-likeness (QED) is 0.841. The fourth-order valence-electron chi connectivity index (χ4n) is 1.79. The maximum atomic E-state index is 5.72. The molecule has 1 aromatic heterocycles. The minimum atomic E-state index is 0.425. The Bertz CT molecular complexity index is 517. The summed E-state index contributed by atoms with van der Waals surface area (Å²) in [6, 6.07) is 9.93. The Morgan fingerprint density at radius 2 is 1.80 bits per heavy atom. The minimum absolute atomic E-state index is 0.425. The number of rotatable bonds is 7. The van der Waals surface area contributed by atoms with E-state index in [1.54, 1.807) is 13.4 Å². The summed E-state index contributed by atoms with van der Waals surface area (Å²) in [5.74, 6) is 2.47. The molecule has 1 aromatic carbocycles. The number of ether oxygens (including phenoxy) is 2. The summed E-state index contributed by atoms with van der Waals surface area (Å²) in [6.07, 6.45) is 1.70. The van der Waals surface area contributed by atoms with Crippen molar-refractivity contribution in [1.29, 1.82) is 0 Å². The zero-order valence-corrected chi connectivity index (χ0v) is 12.2. The second kappa shape index (κ2) is 7.01. The van der Waals surface area contributed by atoms with Crippen LogP contribution in [0.15, 0.2) is 41.0 Å². The maximum Gasteiger partial charge on any atom is 0.146 e. The molecule has 0 bridgehead atoms. The third-order valence-electron chi connectivity index (χ3n) is 2.97. The van der Waals surface area contributed by atoms with E-state index < -0.39 is 0 Å². The first-order valence-electron chi connectivity index (χ1n) is 6.74. The van der Waals surface area contributed by atoms with Gasteiger partial charge in [-0.3, -0.25) is 0 Å². The molecule has 0 aliphatic rings. The van der Waals surface area contributed by atoms with E-state index in [-0.39, 0.29) is 0 Å². The fourth-order valence-corrected chi connectivity index (χ4v) is 1.79. The molecule has 0 spiro atoms. The van der Waals surface area contributed by atoms with Gasteiger partial charge in [-0.05, 0) is 30.3 Å². The first-order chi connectivity index (χ1) is 9.69. The molecular weight excluding hydrogens is 254 g/mol. The van der Waals surface area contributed by atoms with Crippen LogP contribution in [-0.2, 0) is 13.2 Å². The normalized spacial score (nSPS) is 10.8. The van der Waals surface area contributed by atoms with Gasteiger partial charge >= 0.3 is 0 Å². The number of methoxy groups -OCH3 is 1. The van der Waals surface area contributed by atoms with Crippen LogP contribution in [0, 0.1) is 0 Å². The van der Waals surface area contributed by atoms with E-state index in [0.717, 1.165) is 29.4 Å². The molecule has 20 heavy (non-hydrogen) atoms. The van der Waals surface area contributed by atoms with Crippen LogP contribution < -0.4 is 14.8 Å². The average molecular weight is 275 g/mol. The molecule has 1 heterocycles. The highest BCUT2D eigenvalue weighted by Crippen LogP contribution is 2.19.